The molecule has 0 spiro atoms. The molecule has 0 unspecified atom stereocenters. The van der Waals surface area contributed by atoms with Crippen LogP contribution in [0.25, 0.3) is 267 Å². The van der Waals surface area contributed by atoms with Crippen molar-refractivity contribution >= 4 is 65.0 Å². The Morgan fingerprint density at radius 3 is 0.693 bits per heavy atom. The van der Waals surface area contributed by atoms with Crippen LogP contribution in [0.1, 0.15) is 0 Å². The van der Waals surface area contributed by atoms with Crippen LogP contribution in [0.5, 0.6) is 0 Å². The minimum absolute atomic E-state index is 0.646. The highest BCUT2D eigenvalue weighted by molar-refractivity contribution is 6.04. The van der Waals surface area contributed by atoms with Gasteiger partial charge in [-0.1, -0.05) is 485 Å². The molecule has 21 aromatic carbocycles. The van der Waals surface area contributed by atoms with Crippen LogP contribution in [0.4, 0.5) is 0 Å². The van der Waals surface area contributed by atoms with Gasteiger partial charge in [0.1, 0.15) is 0 Å². The second kappa shape index (κ2) is 41.2. The molecule has 0 aliphatic rings. The molecule has 0 bridgehead atoms. The van der Waals surface area contributed by atoms with Crippen molar-refractivity contribution in [2.45, 2.75) is 0 Å². The number of aromatic nitrogens is 11. The first-order valence-corrected chi connectivity index (χ1v) is 50.3. The van der Waals surface area contributed by atoms with Crippen molar-refractivity contribution in [1.29, 1.82) is 0 Å². The third kappa shape index (κ3) is 19.2. The Bertz CT molecular complexity index is 9050. The summed E-state index contributed by atoms with van der Waals surface area (Å²) in [7, 11) is 0. The van der Waals surface area contributed by atoms with E-state index < -0.39 is 0 Å². The maximum absolute atomic E-state index is 5.02. The molecule has 0 amide bonds. The second-order valence-corrected chi connectivity index (χ2v) is 37.1. The van der Waals surface area contributed by atoms with Gasteiger partial charge >= 0.3 is 0 Å². The fourth-order valence-electron chi connectivity index (χ4n) is 19.9. The van der Waals surface area contributed by atoms with Gasteiger partial charge in [0.05, 0.1) is 27.9 Å². The molecule has 702 valence electrons. The van der Waals surface area contributed by atoms with E-state index in [1.54, 1.807) is 0 Å². The lowest BCUT2D eigenvalue weighted by Gasteiger charge is -2.12. The fraction of sp³-hybridized carbons (Fsp3) is 0. The molecule has 27 rings (SSSR count). The zero-order chi connectivity index (χ0) is 99.8. The lowest BCUT2D eigenvalue weighted by molar-refractivity contribution is 1.07. The molecule has 0 saturated carbocycles. The molecule has 0 radical (unpaired) electrons. The minimum Gasteiger partial charge on any atom is -0.256 e. The van der Waals surface area contributed by atoms with Gasteiger partial charge in [-0.3, -0.25) is 15.0 Å². The molecule has 0 fully saturated rings. The Hall–Kier alpha value is -20.3. The van der Waals surface area contributed by atoms with E-state index in [-0.39, 0.29) is 0 Å². The largest absolute Gasteiger partial charge is 0.256 e. The number of pyridine rings is 3. The summed E-state index contributed by atoms with van der Waals surface area (Å²) in [6.07, 6.45) is 5.67. The van der Waals surface area contributed by atoms with Gasteiger partial charge in [0.2, 0.25) is 0 Å². The molecule has 6 heterocycles. The summed E-state index contributed by atoms with van der Waals surface area (Å²) in [5, 5.41) is 10.7. The highest BCUT2D eigenvalue weighted by Gasteiger charge is 2.21. The minimum atomic E-state index is 0.646. The van der Waals surface area contributed by atoms with E-state index >= 15 is 0 Å². The molecular weight excluding hydrogens is 1820 g/mol. The molecule has 0 N–H and O–H groups in total. The van der Waals surface area contributed by atoms with Crippen LogP contribution in [0, 0.1) is 0 Å². The highest BCUT2D eigenvalue weighted by Crippen LogP contribution is 2.43. The number of rotatable bonds is 18. The molecule has 6 aromatic heterocycles. The number of benzene rings is 21. The Kier molecular flexibility index (Phi) is 25.0. The molecule has 27 aromatic rings. The van der Waals surface area contributed by atoms with E-state index in [1.165, 1.54) is 82.4 Å². The van der Waals surface area contributed by atoms with Crippen LogP contribution in [0.15, 0.2) is 552 Å². The predicted molar refractivity (Wildman–Crippen MR) is 618 cm³/mol. The number of hydrogen-bond acceptors (Lipinski definition) is 11. The Labute approximate surface area is 868 Å². The van der Waals surface area contributed by atoms with Crippen molar-refractivity contribution < 1.29 is 0 Å². The molecule has 0 aliphatic heterocycles. The third-order valence-electron chi connectivity index (χ3n) is 27.7. The average Bonchev–Trinajstić information content (AvgIpc) is 0.783. The second-order valence-electron chi connectivity index (χ2n) is 37.1. The molecule has 0 atom stereocenters. The Morgan fingerprint density at radius 1 is 0.120 bits per heavy atom. The van der Waals surface area contributed by atoms with E-state index in [0.29, 0.717) is 34.9 Å². The average molecular weight is 1920 g/mol. The lowest BCUT2D eigenvalue weighted by Crippen LogP contribution is -2.00. The fourth-order valence-corrected chi connectivity index (χ4v) is 19.9. The van der Waals surface area contributed by atoms with Gasteiger partial charge in [0.15, 0.2) is 40.8 Å². The summed E-state index contributed by atoms with van der Waals surface area (Å²) in [4.78, 5) is 53.3. The van der Waals surface area contributed by atoms with Crippen LogP contribution in [-0.2, 0) is 0 Å². The van der Waals surface area contributed by atoms with E-state index in [1.807, 2.05) is 201 Å². The Morgan fingerprint density at radius 2 is 0.353 bits per heavy atom. The van der Waals surface area contributed by atoms with Crippen LogP contribution >= 0.6 is 0 Å². The van der Waals surface area contributed by atoms with Gasteiger partial charge < -0.3 is 0 Å². The number of para-hydroxylation sites is 3. The van der Waals surface area contributed by atoms with Crippen LogP contribution in [0.2, 0.25) is 0 Å². The first-order valence-electron chi connectivity index (χ1n) is 50.3. The van der Waals surface area contributed by atoms with Crippen molar-refractivity contribution in [3.63, 3.8) is 0 Å². The number of fused-ring (bicyclic) bond motifs is 6. The van der Waals surface area contributed by atoms with Gasteiger partial charge in [-0.15, -0.1) is 0 Å². The van der Waals surface area contributed by atoms with E-state index in [9.17, 15) is 0 Å². The molecule has 11 nitrogen and oxygen atoms in total. The van der Waals surface area contributed by atoms with Crippen molar-refractivity contribution in [3.8, 4) is 202 Å². The predicted octanol–water partition coefficient (Wildman–Crippen LogP) is 35.3. The molecular formula is C139H91N11. The van der Waals surface area contributed by atoms with E-state index in [4.69, 9.17) is 39.9 Å². The van der Waals surface area contributed by atoms with Crippen LogP contribution < -0.4 is 0 Å². The smallest absolute Gasteiger partial charge is 0.164 e. The zero-order valence-electron chi connectivity index (χ0n) is 81.5. The summed E-state index contributed by atoms with van der Waals surface area (Å²) in [5.74, 6) is 4.63. The highest BCUT2D eigenvalue weighted by atomic mass is 15.0. The van der Waals surface area contributed by atoms with Crippen molar-refractivity contribution in [1.82, 2.24) is 54.8 Å². The SMILES string of the molecule is c1ccc(-c2cc(-c3ccc(-c4cccc5ccc(-c6ccc(-c7cccc8cccnc78)cc6)cc45)cc3)nc(-c3ccccc3)n2)cc1.c1ccc(-c2nc(-c3ccccc3)nc(-c3ccc(-c4cccc5ccc(-c6ccc(-c7cccc8cccnc78)cc6)cc45)cc3)n2)cc1.c1ccc(-c2nc(-c3ccccc3)nc(-c3ccc(-c4cccc5ccc(-c6ccc(-c7cnc8ccccc8c7)cc6)cc45)cc3)n2)cc1. The maximum atomic E-state index is 5.02. The van der Waals surface area contributed by atoms with Crippen molar-refractivity contribution in [3.05, 3.63) is 552 Å². The van der Waals surface area contributed by atoms with Crippen molar-refractivity contribution in [2.24, 2.45) is 0 Å². The normalized spacial score (nSPS) is 11.2. The Balaban J connectivity index is 0.000000116. The van der Waals surface area contributed by atoms with Gasteiger partial charge in [0.25, 0.3) is 0 Å². The van der Waals surface area contributed by atoms with Gasteiger partial charge in [-0.25, -0.2) is 39.9 Å². The molecule has 0 aliphatic carbocycles. The first kappa shape index (κ1) is 91.0. The van der Waals surface area contributed by atoms with E-state index in [0.717, 1.165) is 150 Å². The van der Waals surface area contributed by atoms with Crippen LogP contribution in [0.3, 0.4) is 0 Å². The monoisotopic (exact) mass is 1910 g/mol. The van der Waals surface area contributed by atoms with E-state index in [2.05, 4.69) is 367 Å². The quantitative estimate of drug-likeness (QED) is 0.0810. The van der Waals surface area contributed by atoms with Crippen molar-refractivity contribution in [2.75, 3.05) is 0 Å². The first-order chi connectivity index (χ1) is 74.3. The number of nitrogens with zero attached hydrogens (tertiary/aromatic N) is 11. The topological polar surface area (TPSA) is 142 Å². The van der Waals surface area contributed by atoms with Gasteiger partial charge in [-0.2, -0.15) is 0 Å². The summed E-state index contributed by atoms with van der Waals surface area (Å²) < 4.78 is 0. The summed E-state index contributed by atoms with van der Waals surface area (Å²) >= 11 is 0. The third-order valence-corrected chi connectivity index (χ3v) is 27.7. The standard InChI is InChI=1S/C47H31N3.2C46H30N4/c1-3-10-36(11-4-1)44-31-45(50-47(49-44)39-12-5-2-6-13-39)37-26-23-34(24-27-37)41-17-7-14-33-25-28-40(30-43(33)41)32-19-21-35(22-20-32)42-18-8-15-38-16-9-29-48-46(38)42;1-3-10-36(11-4-1)44-48-45(37-12-5-2-6-13-37)50-46(49-44)38-26-23-33(24-27-38)40-17-7-14-32-25-28-39(30-42(32)40)31-19-21-34(22-20-31)41-18-8-15-35-16-9-29-47-43(35)41;1-3-10-35(11-4-1)44-48-45(36-12-5-2-6-13-36)50-46(49-44)37-25-22-34(23-26-37)41-16-9-15-33-24-27-38(29-42(33)41)31-18-20-32(21-19-31)40-28-39-14-7-8-17-43(39)47-30-40/h1-31H;2*1-30H. The molecule has 11 heteroatoms. The molecule has 0 saturated heterocycles. The van der Waals surface area contributed by atoms with Gasteiger partial charge in [-0.05, 0) is 164 Å². The summed E-state index contributed by atoms with van der Waals surface area (Å²) in [6.45, 7) is 0. The van der Waals surface area contributed by atoms with Crippen LogP contribution in [-0.4, -0.2) is 54.8 Å². The summed E-state index contributed by atoms with van der Waals surface area (Å²) in [5.41, 5.74) is 34.6. The number of hydrogen-bond donors (Lipinski definition) is 0. The zero-order valence-corrected chi connectivity index (χ0v) is 81.5. The lowest BCUT2D eigenvalue weighted by atomic mass is 9.93. The molecule has 150 heavy (non-hydrogen) atoms. The summed E-state index contributed by atoms with van der Waals surface area (Å²) in [6, 6.07) is 186. The maximum Gasteiger partial charge on any atom is 0.164 e. The van der Waals surface area contributed by atoms with Gasteiger partial charge in [0, 0.05) is 102 Å².